The predicted molar refractivity (Wildman–Crippen MR) is 95.5 cm³/mol. The Morgan fingerprint density at radius 1 is 1.13 bits per heavy atom. The highest BCUT2D eigenvalue weighted by atomic mass is 32.2. The highest BCUT2D eigenvalue weighted by Gasteiger charge is 2.14. The monoisotopic (exact) mass is 338 g/mol. The van der Waals surface area contributed by atoms with E-state index >= 15 is 0 Å². The zero-order valence-electron chi connectivity index (χ0n) is 14.7. The van der Waals surface area contributed by atoms with Crippen LogP contribution in [0.25, 0.3) is 0 Å². The van der Waals surface area contributed by atoms with E-state index in [0.29, 0.717) is 10.9 Å². The largest absolute Gasteiger partial charge is 0.303 e. The second-order valence-electron chi connectivity index (χ2n) is 6.75. The molecule has 0 saturated carbocycles. The van der Waals surface area contributed by atoms with Crippen LogP contribution in [0, 0.1) is 0 Å². The third kappa shape index (κ3) is 5.59. The summed E-state index contributed by atoms with van der Waals surface area (Å²) in [4.78, 5) is 5.31. The zero-order valence-corrected chi connectivity index (χ0v) is 15.5. The predicted octanol–water partition coefficient (Wildman–Crippen LogP) is 2.96. The normalized spacial score (nSPS) is 18.3. The van der Waals surface area contributed by atoms with Crippen LogP contribution in [-0.2, 0) is 9.84 Å². The van der Waals surface area contributed by atoms with Crippen molar-refractivity contribution < 1.29 is 8.42 Å². The van der Waals surface area contributed by atoms with Gasteiger partial charge in [-0.3, -0.25) is 4.90 Å². The van der Waals surface area contributed by atoms with Gasteiger partial charge in [0.1, 0.15) is 0 Å². The quantitative estimate of drug-likeness (QED) is 0.766. The van der Waals surface area contributed by atoms with Crippen LogP contribution in [0.15, 0.2) is 29.2 Å². The average molecular weight is 339 g/mol. The van der Waals surface area contributed by atoms with Gasteiger partial charge in [0.25, 0.3) is 0 Å². The SMILES string of the molecule is C[C@@H](c1ccc(S(C)(=O)=O)cc1)N(C)CCCN1CCCCC1. The molecule has 1 saturated heterocycles. The summed E-state index contributed by atoms with van der Waals surface area (Å²) in [6.07, 6.45) is 6.51. The summed E-state index contributed by atoms with van der Waals surface area (Å²) in [6, 6.07) is 7.58. The van der Waals surface area contributed by atoms with Gasteiger partial charge in [-0.05, 0) is 77.1 Å². The number of nitrogens with zero attached hydrogens (tertiary/aromatic N) is 2. The number of piperidine rings is 1. The molecule has 0 N–H and O–H groups in total. The topological polar surface area (TPSA) is 40.6 Å². The van der Waals surface area contributed by atoms with Crippen LogP contribution in [0.5, 0.6) is 0 Å². The van der Waals surface area contributed by atoms with E-state index < -0.39 is 9.84 Å². The van der Waals surface area contributed by atoms with Crippen LogP contribution < -0.4 is 0 Å². The van der Waals surface area contributed by atoms with Gasteiger partial charge in [0.15, 0.2) is 9.84 Å². The van der Waals surface area contributed by atoms with E-state index in [9.17, 15) is 8.42 Å². The van der Waals surface area contributed by atoms with E-state index in [0.717, 1.165) is 12.1 Å². The lowest BCUT2D eigenvalue weighted by Crippen LogP contribution is -2.33. The first-order valence-electron chi connectivity index (χ1n) is 8.60. The van der Waals surface area contributed by atoms with Crippen molar-refractivity contribution in [2.45, 2.75) is 43.5 Å². The Morgan fingerprint density at radius 3 is 2.30 bits per heavy atom. The summed E-state index contributed by atoms with van der Waals surface area (Å²) in [5, 5.41) is 0. The van der Waals surface area contributed by atoms with E-state index in [-0.39, 0.29) is 0 Å². The molecule has 0 amide bonds. The maximum absolute atomic E-state index is 11.5. The zero-order chi connectivity index (χ0) is 16.9. The van der Waals surface area contributed by atoms with Crippen LogP contribution in [0.1, 0.15) is 44.2 Å². The summed E-state index contributed by atoms with van der Waals surface area (Å²) in [5.41, 5.74) is 1.16. The van der Waals surface area contributed by atoms with Gasteiger partial charge in [-0.1, -0.05) is 18.6 Å². The summed E-state index contributed by atoms with van der Waals surface area (Å²) in [6.45, 7) is 6.93. The Bertz CT molecular complexity index is 578. The molecule has 1 aliphatic heterocycles. The highest BCUT2D eigenvalue weighted by Crippen LogP contribution is 2.21. The van der Waals surface area contributed by atoms with Gasteiger partial charge >= 0.3 is 0 Å². The maximum atomic E-state index is 11.5. The number of rotatable bonds is 7. The van der Waals surface area contributed by atoms with Crippen molar-refractivity contribution in [1.29, 1.82) is 0 Å². The van der Waals surface area contributed by atoms with Gasteiger partial charge in [-0.2, -0.15) is 0 Å². The van der Waals surface area contributed by atoms with E-state index in [2.05, 4.69) is 23.8 Å². The van der Waals surface area contributed by atoms with Gasteiger partial charge in [-0.15, -0.1) is 0 Å². The Hall–Kier alpha value is -0.910. The molecule has 1 aromatic carbocycles. The summed E-state index contributed by atoms with van der Waals surface area (Å²) in [7, 11) is -0.967. The Labute approximate surface area is 141 Å². The van der Waals surface area contributed by atoms with Crippen molar-refractivity contribution in [3.8, 4) is 0 Å². The van der Waals surface area contributed by atoms with E-state index in [1.807, 2.05) is 12.1 Å². The van der Waals surface area contributed by atoms with Crippen LogP contribution >= 0.6 is 0 Å². The molecule has 0 spiro atoms. The molecular weight excluding hydrogens is 308 g/mol. The van der Waals surface area contributed by atoms with Crippen molar-refractivity contribution in [2.24, 2.45) is 0 Å². The second kappa shape index (κ2) is 8.27. The van der Waals surface area contributed by atoms with Crippen molar-refractivity contribution >= 4 is 9.84 Å². The molecule has 1 atom stereocenters. The summed E-state index contributed by atoms with van der Waals surface area (Å²) < 4.78 is 23.0. The van der Waals surface area contributed by atoms with Crippen molar-refractivity contribution in [3.05, 3.63) is 29.8 Å². The fourth-order valence-electron chi connectivity index (χ4n) is 3.17. The molecule has 1 aliphatic rings. The van der Waals surface area contributed by atoms with Crippen molar-refractivity contribution in [1.82, 2.24) is 9.80 Å². The van der Waals surface area contributed by atoms with E-state index in [1.165, 1.54) is 51.6 Å². The molecule has 0 unspecified atom stereocenters. The highest BCUT2D eigenvalue weighted by molar-refractivity contribution is 7.90. The molecule has 2 rings (SSSR count). The minimum Gasteiger partial charge on any atom is -0.303 e. The molecule has 0 radical (unpaired) electrons. The minimum absolute atomic E-state index is 0.296. The first-order valence-corrected chi connectivity index (χ1v) is 10.5. The Morgan fingerprint density at radius 2 is 1.74 bits per heavy atom. The lowest BCUT2D eigenvalue weighted by molar-refractivity contribution is 0.198. The molecule has 0 aliphatic carbocycles. The Kier molecular flexibility index (Phi) is 6.62. The standard InChI is InChI=1S/C18H30N2O2S/c1-16(17-8-10-18(11-9-17)23(3,21)22)19(2)12-7-15-20-13-5-4-6-14-20/h8-11,16H,4-7,12-15H2,1-3H3/t16-/m0/s1. The molecule has 5 heteroatoms. The number of sulfone groups is 1. The van der Waals surface area contributed by atoms with Gasteiger partial charge in [-0.25, -0.2) is 8.42 Å². The summed E-state index contributed by atoms with van der Waals surface area (Å²) >= 11 is 0. The van der Waals surface area contributed by atoms with E-state index in [1.54, 1.807) is 12.1 Å². The molecule has 0 aromatic heterocycles. The second-order valence-corrected chi connectivity index (χ2v) is 8.77. The van der Waals surface area contributed by atoms with Gasteiger partial charge in [0.2, 0.25) is 0 Å². The number of hydrogen-bond acceptors (Lipinski definition) is 4. The van der Waals surface area contributed by atoms with Gasteiger partial charge < -0.3 is 4.90 Å². The maximum Gasteiger partial charge on any atom is 0.175 e. The van der Waals surface area contributed by atoms with Crippen LogP contribution in [0.4, 0.5) is 0 Å². The molecule has 1 aromatic rings. The molecule has 4 nitrogen and oxygen atoms in total. The lowest BCUT2D eigenvalue weighted by atomic mass is 10.1. The number of likely N-dealkylation sites (tertiary alicyclic amines) is 1. The molecule has 130 valence electrons. The molecule has 23 heavy (non-hydrogen) atoms. The van der Waals surface area contributed by atoms with Crippen molar-refractivity contribution in [2.75, 3.05) is 39.5 Å². The van der Waals surface area contributed by atoms with Gasteiger partial charge in [0, 0.05) is 12.3 Å². The number of hydrogen-bond donors (Lipinski definition) is 0. The smallest absolute Gasteiger partial charge is 0.175 e. The van der Waals surface area contributed by atoms with E-state index in [4.69, 9.17) is 0 Å². The molecule has 1 heterocycles. The average Bonchev–Trinajstić information content (AvgIpc) is 2.54. The third-order valence-corrected chi connectivity index (χ3v) is 6.01. The lowest BCUT2D eigenvalue weighted by Gasteiger charge is -2.29. The Balaban J connectivity index is 1.82. The van der Waals surface area contributed by atoms with Crippen molar-refractivity contribution in [3.63, 3.8) is 0 Å². The van der Waals surface area contributed by atoms with Crippen LogP contribution in [-0.4, -0.2) is 57.7 Å². The molecule has 0 bridgehead atoms. The third-order valence-electron chi connectivity index (χ3n) is 4.89. The molecule has 1 fully saturated rings. The first-order chi connectivity index (χ1) is 10.9. The van der Waals surface area contributed by atoms with Crippen LogP contribution in [0.2, 0.25) is 0 Å². The fourth-order valence-corrected chi connectivity index (χ4v) is 3.80. The number of benzene rings is 1. The first kappa shape index (κ1) is 18.4. The fraction of sp³-hybridized carbons (Fsp3) is 0.667. The minimum atomic E-state index is -3.11. The molecular formula is C18H30N2O2S. The van der Waals surface area contributed by atoms with Gasteiger partial charge in [0.05, 0.1) is 4.90 Å². The van der Waals surface area contributed by atoms with Crippen LogP contribution in [0.3, 0.4) is 0 Å². The summed E-state index contributed by atoms with van der Waals surface area (Å²) in [5.74, 6) is 0.